The number of nitrogens with zero attached hydrogens (tertiary/aromatic N) is 1. The van der Waals surface area contributed by atoms with Gasteiger partial charge >= 0.3 is 0 Å². The van der Waals surface area contributed by atoms with Crippen molar-refractivity contribution in [1.29, 1.82) is 5.26 Å². The Hall–Kier alpha value is -1.87. The minimum atomic E-state index is -0.632. The van der Waals surface area contributed by atoms with Gasteiger partial charge in [-0.2, -0.15) is 5.26 Å². The summed E-state index contributed by atoms with van der Waals surface area (Å²) in [5.41, 5.74) is 1.33. The molecule has 19 heavy (non-hydrogen) atoms. The van der Waals surface area contributed by atoms with Crippen molar-refractivity contribution in [3.63, 3.8) is 0 Å². The van der Waals surface area contributed by atoms with Gasteiger partial charge in [0.2, 0.25) is 0 Å². The monoisotopic (exact) mass is 362 g/mol. The largest absolute Gasteiger partial charge is 0.333 e. The summed E-state index contributed by atoms with van der Waals surface area (Å²) in [5, 5.41) is 11.9. The third-order valence-corrected chi connectivity index (χ3v) is 3.36. The molecule has 0 fully saturated rings. The Balaban J connectivity index is 2.13. The molecule has 0 saturated carbocycles. The van der Waals surface area contributed by atoms with E-state index in [4.69, 9.17) is 5.26 Å². The van der Waals surface area contributed by atoms with Crippen molar-refractivity contribution in [3.8, 4) is 6.07 Å². The number of hydrogen-bond donors (Lipinski definition) is 1. The average Bonchev–Trinajstić information content (AvgIpc) is 2.46. The van der Waals surface area contributed by atoms with Crippen molar-refractivity contribution in [1.82, 2.24) is 5.32 Å². The summed E-state index contributed by atoms with van der Waals surface area (Å²) in [6, 6.07) is 17.9. The highest BCUT2D eigenvalue weighted by atomic mass is 127. The van der Waals surface area contributed by atoms with Crippen molar-refractivity contribution in [3.05, 3.63) is 69.3 Å². The van der Waals surface area contributed by atoms with Crippen LogP contribution in [0.25, 0.3) is 0 Å². The maximum atomic E-state index is 12.0. The van der Waals surface area contributed by atoms with Gasteiger partial charge in [-0.25, -0.2) is 0 Å². The van der Waals surface area contributed by atoms with Gasteiger partial charge in [-0.15, -0.1) is 0 Å². The summed E-state index contributed by atoms with van der Waals surface area (Å²) in [6.07, 6.45) is 0. The van der Waals surface area contributed by atoms with E-state index in [-0.39, 0.29) is 5.91 Å². The molecule has 0 aromatic heterocycles. The zero-order chi connectivity index (χ0) is 13.7. The predicted molar refractivity (Wildman–Crippen MR) is 81.4 cm³/mol. The molecule has 0 heterocycles. The van der Waals surface area contributed by atoms with Gasteiger partial charge in [0, 0.05) is 9.13 Å². The first kappa shape index (κ1) is 13.6. The van der Waals surface area contributed by atoms with E-state index in [1.165, 1.54) is 0 Å². The molecule has 1 unspecified atom stereocenters. The van der Waals surface area contributed by atoms with Gasteiger partial charge in [0.15, 0.2) is 0 Å². The summed E-state index contributed by atoms with van der Waals surface area (Å²) in [7, 11) is 0. The first-order valence-corrected chi connectivity index (χ1v) is 6.79. The smallest absolute Gasteiger partial charge is 0.252 e. The number of nitriles is 1. The fraction of sp³-hybridized carbons (Fsp3) is 0.0667. The molecular weight excluding hydrogens is 351 g/mol. The maximum Gasteiger partial charge on any atom is 0.252 e. The van der Waals surface area contributed by atoms with E-state index in [1.807, 2.05) is 42.5 Å². The fourth-order valence-corrected chi connectivity index (χ4v) is 2.01. The quantitative estimate of drug-likeness (QED) is 0.852. The van der Waals surface area contributed by atoms with E-state index in [2.05, 4.69) is 34.0 Å². The molecule has 3 nitrogen and oxygen atoms in total. The number of hydrogen-bond acceptors (Lipinski definition) is 2. The predicted octanol–water partition coefficient (Wildman–Crippen LogP) is 3.29. The van der Waals surface area contributed by atoms with Gasteiger partial charge < -0.3 is 5.32 Å². The molecule has 0 aliphatic rings. The Morgan fingerprint density at radius 2 is 1.74 bits per heavy atom. The topological polar surface area (TPSA) is 52.9 Å². The molecule has 0 aliphatic heterocycles. The highest BCUT2D eigenvalue weighted by Crippen LogP contribution is 2.13. The molecule has 0 saturated heterocycles. The van der Waals surface area contributed by atoms with Gasteiger partial charge in [0.1, 0.15) is 6.04 Å². The second-order valence-corrected chi connectivity index (χ2v) is 5.20. The third kappa shape index (κ3) is 3.55. The molecule has 2 rings (SSSR count). The van der Waals surface area contributed by atoms with Crippen LogP contribution >= 0.6 is 22.6 Å². The Bertz CT molecular complexity index is 602. The summed E-state index contributed by atoms with van der Waals surface area (Å²) in [5.74, 6) is -0.244. The first-order valence-electron chi connectivity index (χ1n) is 5.71. The molecule has 0 bridgehead atoms. The van der Waals surface area contributed by atoms with Gasteiger partial charge in [0.05, 0.1) is 6.07 Å². The molecule has 4 heteroatoms. The van der Waals surface area contributed by atoms with E-state index >= 15 is 0 Å². The lowest BCUT2D eigenvalue weighted by Gasteiger charge is -2.11. The third-order valence-electron chi connectivity index (χ3n) is 2.64. The van der Waals surface area contributed by atoms with Crippen LogP contribution < -0.4 is 5.32 Å². The van der Waals surface area contributed by atoms with Crippen LogP contribution in [-0.4, -0.2) is 5.91 Å². The molecule has 2 aromatic carbocycles. The Morgan fingerprint density at radius 1 is 1.11 bits per heavy atom. The molecule has 0 radical (unpaired) electrons. The Kier molecular flexibility index (Phi) is 4.53. The van der Waals surface area contributed by atoms with Gasteiger partial charge in [-0.3, -0.25) is 4.79 Å². The number of rotatable bonds is 3. The normalized spacial score (nSPS) is 11.4. The van der Waals surface area contributed by atoms with Crippen LogP contribution in [0.5, 0.6) is 0 Å². The minimum Gasteiger partial charge on any atom is -0.333 e. The number of amides is 1. The second kappa shape index (κ2) is 6.34. The number of carbonyl (C=O) groups excluding carboxylic acids is 1. The van der Waals surface area contributed by atoms with Crippen molar-refractivity contribution in [2.45, 2.75) is 6.04 Å². The van der Waals surface area contributed by atoms with Crippen LogP contribution in [0.3, 0.4) is 0 Å². The number of halogens is 1. The highest BCUT2D eigenvalue weighted by molar-refractivity contribution is 14.1. The van der Waals surface area contributed by atoms with Crippen LogP contribution in [0.1, 0.15) is 22.0 Å². The van der Waals surface area contributed by atoms with Crippen LogP contribution in [0.2, 0.25) is 0 Å². The van der Waals surface area contributed by atoms with Crippen molar-refractivity contribution in [2.24, 2.45) is 0 Å². The zero-order valence-electron chi connectivity index (χ0n) is 10.0. The molecule has 1 N–H and O–H groups in total. The number of carbonyl (C=O) groups is 1. The van der Waals surface area contributed by atoms with E-state index in [0.717, 1.165) is 9.13 Å². The van der Waals surface area contributed by atoms with Crippen LogP contribution in [-0.2, 0) is 0 Å². The minimum absolute atomic E-state index is 0.244. The van der Waals surface area contributed by atoms with Crippen molar-refractivity contribution >= 4 is 28.5 Å². The molecule has 1 amide bonds. The molecule has 2 aromatic rings. The van der Waals surface area contributed by atoms with Crippen LogP contribution in [0.15, 0.2) is 54.6 Å². The Labute approximate surface area is 125 Å². The molecular formula is C15H11IN2O. The summed E-state index contributed by atoms with van der Waals surface area (Å²) < 4.78 is 1.06. The maximum absolute atomic E-state index is 12.0. The fourth-order valence-electron chi connectivity index (χ4n) is 1.65. The lowest BCUT2D eigenvalue weighted by molar-refractivity contribution is 0.0945. The van der Waals surface area contributed by atoms with E-state index < -0.39 is 6.04 Å². The first-order chi connectivity index (χ1) is 9.20. The van der Waals surface area contributed by atoms with Gasteiger partial charge in [-0.1, -0.05) is 30.3 Å². The number of benzene rings is 2. The Morgan fingerprint density at radius 3 is 2.32 bits per heavy atom. The zero-order valence-corrected chi connectivity index (χ0v) is 12.2. The van der Waals surface area contributed by atoms with Crippen LogP contribution in [0.4, 0.5) is 0 Å². The van der Waals surface area contributed by atoms with Gasteiger partial charge in [-0.05, 0) is 52.4 Å². The second-order valence-electron chi connectivity index (χ2n) is 3.95. The highest BCUT2D eigenvalue weighted by Gasteiger charge is 2.14. The average molecular weight is 362 g/mol. The van der Waals surface area contributed by atoms with Gasteiger partial charge in [0.25, 0.3) is 5.91 Å². The van der Waals surface area contributed by atoms with E-state index in [0.29, 0.717) is 5.56 Å². The van der Waals surface area contributed by atoms with Crippen LogP contribution in [0, 0.1) is 14.9 Å². The molecule has 94 valence electrons. The van der Waals surface area contributed by atoms with E-state index in [9.17, 15) is 4.79 Å². The lowest BCUT2D eigenvalue weighted by atomic mass is 10.1. The summed E-state index contributed by atoms with van der Waals surface area (Å²) in [4.78, 5) is 12.0. The van der Waals surface area contributed by atoms with E-state index in [1.54, 1.807) is 12.1 Å². The number of nitrogens with one attached hydrogen (secondary N) is 1. The van der Waals surface area contributed by atoms with Crippen molar-refractivity contribution in [2.75, 3.05) is 0 Å². The SMILES string of the molecule is N#CC(NC(=O)c1ccc(I)cc1)c1ccccc1. The lowest BCUT2D eigenvalue weighted by Crippen LogP contribution is -2.27. The molecule has 1 atom stereocenters. The summed E-state index contributed by atoms with van der Waals surface area (Å²) >= 11 is 2.18. The van der Waals surface area contributed by atoms with Crippen molar-refractivity contribution < 1.29 is 4.79 Å². The summed E-state index contributed by atoms with van der Waals surface area (Å²) in [6.45, 7) is 0. The molecule has 0 aliphatic carbocycles. The standard InChI is InChI=1S/C15H11IN2O/c16-13-8-6-12(7-9-13)15(19)18-14(10-17)11-4-2-1-3-5-11/h1-9,14H,(H,18,19). The molecule has 0 spiro atoms.